The summed E-state index contributed by atoms with van der Waals surface area (Å²) in [6.45, 7) is 1.96. The fraction of sp³-hybridized carbons (Fsp3) is 0.750. The zero-order valence-electron chi connectivity index (χ0n) is 9.61. The molecule has 0 amide bonds. The Labute approximate surface area is 95.8 Å². The molecule has 0 atom stereocenters. The topological polar surface area (TPSA) is 53.1 Å². The summed E-state index contributed by atoms with van der Waals surface area (Å²) in [7, 11) is 0. The predicted molar refractivity (Wildman–Crippen MR) is 60.7 cm³/mol. The molecule has 1 saturated carbocycles. The van der Waals surface area contributed by atoms with Gasteiger partial charge in [-0.1, -0.05) is 19.3 Å². The highest BCUT2D eigenvalue weighted by atomic mass is 16.5. The lowest BCUT2D eigenvalue weighted by molar-refractivity contribution is 0.129. The number of aromatic nitrogens is 2. The summed E-state index contributed by atoms with van der Waals surface area (Å²) in [4.78, 5) is 0. The standard InChI is InChI=1S/C12H19N3O/c13-6-12-10-7-16-8-11(10)14-15(12)9-4-2-1-3-5-9/h9H,1-8,13H2. The Morgan fingerprint density at radius 1 is 1.25 bits per heavy atom. The smallest absolute Gasteiger partial charge is 0.0940 e. The molecule has 1 aromatic heterocycles. The second-order valence-corrected chi connectivity index (χ2v) is 4.81. The summed E-state index contributed by atoms with van der Waals surface area (Å²) in [5.41, 5.74) is 9.44. The Morgan fingerprint density at radius 3 is 2.81 bits per heavy atom. The maximum absolute atomic E-state index is 5.86. The molecule has 4 nitrogen and oxygen atoms in total. The Bertz CT molecular complexity index is 380. The van der Waals surface area contributed by atoms with E-state index in [-0.39, 0.29) is 0 Å². The molecule has 1 aromatic rings. The van der Waals surface area contributed by atoms with Crippen molar-refractivity contribution in [1.82, 2.24) is 9.78 Å². The lowest BCUT2D eigenvalue weighted by Gasteiger charge is -2.24. The van der Waals surface area contributed by atoms with E-state index in [0.717, 1.165) is 5.69 Å². The molecular weight excluding hydrogens is 202 g/mol. The number of ether oxygens (including phenoxy) is 1. The van der Waals surface area contributed by atoms with Gasteiger partial charge in [-0.15, -0.1) is 0 Å². The van der Waals surface area contributed by atoms with Gasteiger partial charge in [-0.05, 0) is 12.8 Å². The van der Waals surface area contributed by atoms with E-state index in [1.54, 1.807) is 0 Å². The molecule has 0 spiro atoms. The molecule has 2 N–H and O–H groups in total. The predicted octanol–water partition coefficient (Wildman–Crippen LogP) is 1.88. The molecule has 0 saturated heterocycles. The first kappa shape index (κ1) is 10.3. The molecular formula is C12H19N3O. The molecule has 3 rings (SSSR count). The van der Waals surface area contributed by atoms with E-state index in [1.165, 1.54) is 43.4 Å². The van der Waals surface area contributed by atoms with Crippen molar-refractivity contribution in [1.29, 1.82) is 0 Å². The third-order valence-corrected chi connectivity index (χ3v) is 3.80. The van der Waals surface area contributed by atoms with Gasteiger partial charge in [0.25, 0.3) is 0 Å². The van der Waals surface area contributed by atoms with Crippen LogP contribution in [0, 0.1) is 0 Å². The minimum atomic E-state index is 0.581. The van der Waals surface area contributed by atoms with Crippen LogP contribution in [0.25, 0.3) is 0 Å². The summed E-state index contributed by atoms with van der Waals surface area (Å²) in [6.07, 6.45) is 6.55. The van der Waals surface area contributed by atoms with Gasteiger partial charge < -0.3 is 10.5 Å². The Hall–Kier alpha value is -0.870. The van der Waals surface area contributed by atoms with E-state index in [9.17, 15) is 0 Å². The van der Waals surface area contributed by atoms with Crippen LogP contribution in [0.1, 0.15) is 55.1 Å². The monoisotopic (exact) mass is 221 g/mol. The molecule has 1 aliphatic carbocycles. The molecule has 0 aromatic carbocycles. The van der Waals surface area contributed by atoms with E-state index in [4.69, 9.17) is 15.6 Å². The van der Waals surface area contributed by atoms with Gasteiger partial charge in [-0.2, -0.15) is 5.10 Å². The van der Waals surface area contributed by atoms with E-state index in [0.29, 0.717) is 25.8 Å². The van der Waals surface area contributed by atoms with Crippen molar-refractivity contribution in [3.8, 4) is 0 Å². The van der Waals surface area contributed by atoms with Crippen LogP contribution < -0.4 is 5.73 Å². The maximum Gasteiger partial charge on any atom is 0.0940 e. The maximum atomic E-state index is 5.86. The number of rotatable bonds is 2. The fourth-order valence-electron chi connectivity index (χ4n) is 2.93. The highest BCUT2D eigenvalue weighted by Crippen LogP contribution is 2.32. The quantitative estimate of drug-likeness (QED) is 0.829. The summed E-state index contributed by atoms with van der Waals surface area (Å²) in [5, 5.41) is 4.70. The summed E-state index contributed by atoms with van der Waals surface area (Å²) < 4.78 is 7.61. The number of nitrogens with zero attached hydrogens (tertiary/aromatic N) is 2. The second kappa shape index (κ2) is 4.18. The van der Waals surface area contributed by atoms with Crippen LogP contribution in [0.5, 0.6) is 0 Å². The van der Waals surface area contributed by atoms with Gasteiger partial charge in [-0.25, -0.2) is 0 Å². The second-order valence-electron chi connectivity index (χ2n) is 4.81. The van der Waals surface area contributed by atoms with Gasteiger partial charge in [0.15, 0.2) is 0 Å². The van der Waals surface area contributed by atoms with Gasteiger partial charge in [0, 0.05) is 12.1 Å². The molecule has 0 radical (unpaired) electrons. The average molecular weight is 221 g/mol. The average Bonchev–Trinajstić information content (AvgIpc) is 2.89. The highest BCUT2D eigenvalue weighted by Gasteiger charge is 2.26. The van der Waals surface area contributed by atoms with E-state index in [1.807, 2.05) is 0 Å². The largest absolute Gasteiger partial charge is 0.370 e. The van der Waals surface area contributed by atoms with E-state index >= 15 is 0 Å². The summed E-state index contributed by atoms with van der Waals surface area (Å²) in [6, 6.07) is 0.581. The van der Waals surface area contributed by atoms with E-state index < -0.39 is 0 Å². The van der Waals surface area contributed by atoms with Crippen LogP contribution in [-0.2, 0) is 24.5 Å². The molecule has 16 heavy (non-hydrogen) atoms. The lowest BCUT2D eigenvalue weighted by atomic mass is 9.95. The zero-order valence-corrected chi connectivity index (χ0v) is 9.61. The first-order chi connectivity index (χ1) is 7.90. The minimum absolute atomic E-state index is 0.581. The van der Waals surface area contributed by atoms with Crippen LogP contribution >= 0.6 is 0 Å². The SMILES string of the molecule is NCc1c2c(nn1C1CCCCC1)COC2. The Kier molecular flexibility index (Phi) is 2.69. The molecule has 4 heteroatoms. The molecule has 1 aliphatic heterocycles. The molecule has 88 valence electrons. The number of hydrogen-bond acceptors (Lipinski definition) is 3. The zero-order chi connectivity index (χ0) is 11.0. The van der Waals surface area contributed by atoms with Crippen molar-refractivity contribution in [2.45, 2.75) is 57.9 Å². The third kappa shape index (κ3) is 1.57. The van der Waals surface area contributed by atoms with E-state index in [2.05, 4.69) is 4.68 Å². The molecule has 1 fully saturated rings. The van der Waals surface area contributed by atoms with Crippen molar-refractivity contribution >= 4 is 0 Å². The van der Waals surface area contributed by atoms with Crippen molar-refractivity contribution in [3.63, 3.8) is 0 Å². The fourth-order valence-corrected chi connectivity index (χ4v) is 2.93. The van der Waals surface area contributed by atoms with Crippen molar-refractivity contribution < 1.29 is 4.74 Å². The van der Waals surface area contributed by atoms with Crippen molar-refractivity contribution in [2.75, 3.05) is 0 Å². The first-order valence-electron chi connectivity index (χ1n) is 6.27. The molecule has 2 heterocycles. The number of nitrogens with two attached hydrogens (primary N) is 1. The van der Waals surface area contributed by atoms with Gasteiger partial charge in [-0.3, -0.25) is 4.68 Å². The molecule has 0 unspecified atom stereocenters. The lowest BCUT2D eigenvalue weighted by Crippen LogP contribution is -2.19. The van der Waals surface area contributed by atoms with Crippen LogP contribution in [0.2, 0.25) is 0 Å². The van der Waals surface area contributed by atoms with Gasteiger partial charge >= 0.3 is 0 Å². The van der Waals surface area contributed by atoms with Crippen molar-refractivity contribution in [3.05, 3.63) is 17.0 Å². The Balaban J connectivity index is 1.93. The van der Waals surface area contributed by atoms with Gasteiger partial charge in [0.1, 0.15) is 0 Å². The van der Waals surface area contributed by atoms with Crippen molar-refractivity contribution in [2.24, 2.45) is 5.73 Å². The number of hydrogen-bond donors (Lipinski definition) is 1. The summed E-state index contributed by atoms with van der Waals surface area (Å²) >= 11 is 0. The number of fused-ring (bicyclic) bond motifs is 1. The van der Waals surface area contributed by atoms with Crippen LogP contribution in [0.3, 0.4) is 0 Å². The van der Waals surface area contributed by atoms with Gasteiger partial charge in [0.2, 0.25) is 0 Å². The molecule has 2 aliphatic rings. The summed E-state index contributed by atoms with van der Waals surface area (Å²) in [5.74, 6) is 0. The first-order valence-corrected chi connectivity index (χ1v) is 6.27. The molecule has 0 bridgehead atoms. The van der Waals surface area contributed by atoms with Crippen LogP contribution in [0.4, 0.5) is 0 Å². The third-order valence-electron chi connectivity index (χ3n) is 3.80. The normalized spacial score (nSPS) is 21.3. The van der Waals surface area contributed by atoms with Crippen LogP contribution in [-0.4, -0.2) is 9.78 Å². The van der Waals surface area contributed by atoms with Gasteiger partial charge in [0.05, 0.1) is 30.6 Å². The minimum Gasteiger partial charge on any atom is -0.370 e. The highest BCUT2D eigenvalue weighted by molar-refractivity contribution is 5.28. The Morgan fingerprint density at radius 2 is 2.06 bits per heavy atom. The van der Waals surface area contributed by atoms with Crippen LogP contribution in [0.15, 0.2) is 0 Å².